The van der Waals surface area contributed by atoms with E-state index in [2.05, 4.69) is 15.4 Å². The third-order valence-electron chi connectivity index (χ3n) is 4.98. The second-order valence-corrected chi connectivity index (χ2v) is 8.93. The first kappa shape index (κ1) is 22.8. The topological polar surface area (TPSA) is 71.8 Å². The number of carbonyl (C=O) groups is 1. The van der Waals surface area contributed by atoms with Gasteiger partial charge in [-0.1, -0.05) is 23.4 Å². The number of thioether (sulfide) groups is 1. The summed E-state index contributed by atoms with van der Waals surface area (Å²) in [4.78, 5) is 18.5. The number of hydrogen-bond acceptors (Lipinski definition) is 6. The molecule has 12 heteroatoms. The fourth-order valence-electron chi connectivity index (χ4n) is 3.51. The molecule has 0 unspecified atom stereocenters. The van der Waals surface area contributed by atoms with Gasteiger partial charge in [0.05, 0.1) is 36.6 Å². The fourth-order valence-corrected chi connectivity index (χ4v) is 4.50. The lowest BCUT2D eigenvalue weighted by Gasteiger charge is -2.19. The van der Waals surface area contributed by atoms with Crippen LogP contribution in [0.2, 0.25) is 5.02 Å². The smallest absolute Gasteiger partial charge is 0.416 e. The number of hydrogen-bond donors (Lipinski definition) is 1. The molecule has 1 aromatic heterocycles. The van der Waals surface area contributed by atoms with Crippen LogP contribution in [0.3, 0.4) is 0 Å². The van der Waals surface area contributed by atoms with Crippen LogP contribution in [0, 0.1) is 0 Å². The highest BCUT2D eigenvalue weighted by Crippen LogP contribution is 2.32. The first-order chi connectivity index (χ1) is 15.3. The van der Waals surface area contributed by atoms with Gasteiger partial charge in [-0.05, 0) is 36.2 Å². The summed E-state index contributed by atoms with van der Waals surface area (Å²) in [6.45, 7) is 2.51. The molecule has 2 aliphatic rings. The number of amides is 1. The lowest BCUT2D eigenvalue weighted by atomic mass is 10.1. The first-order valence-corrected chi connectivity index (χ1v) is 11.4. The molecular weight excluding hydrogens is 467 g/mol. The highest BCUT2D eigenvalue weighted by Gasteiger charge is 2.31. The summed E-state index contributed by atoms with van der Waals surface area (Å²) in [5, 5.41) is 8.70. The number of benzene rings is 1. The van der Waals surface area contributed by atoms with Gasteiger partial charge in [-0.2, -0.15) is 18.3 Å². The maximum absolute atomic E-state index is 13.0. The van der Waals surface area contributed by atoms with E-state index in [-0.39, 0.29) is 17.2 Å². The Bertz CT molecular complexity index is 1030. The zero-order chi connectivity index (χ0) is 22.7. The summed E-state index contributed by atoms with van der Waals surface area (Å²) < 4.78 is 46.1. The number of ether oxygens (including phenoxy) is 1. The van der Waals surface area contributed by atoms with Crippen molar-refractivity contribution in [2.24, 2.45) is 4.99 Å². The van der Waals surface area contributed by atoms with Crippen molar-refractivity contribution in [1.82, 2.24) is 20.0 Å². The Hall–Kier alpha value is -2.40. The highest BCUT2D eigenvalue weighted by molar-refractivity contribution is 8.14. The Kier molecular flexibility index (Phi) is 6.85. The number of fused-ring (bicyclic) bond motifs is 1. The molecule has 7 nitrogen and oxygen atoms in total. The Morgan fingerprint density at radius 3 is 2.84 bits per heavy atom. The average Bonchev–Trinajstić information content (AvgIpc) is 3.35. The second-order valence-electron chi connectivity index (χ2n) is 7.41. The van der Waals surface area contributed by atoms with Crippen molar-refractivity contribution >= 4 is 34.6 Å². The average molecular weight is 488 g/mol. The first-order valence-electron chi connectivity index (χ1n) is 10.0. The SMILES string of the molecule is O=C(OCc1cc(Cl)cc(C(F)(F)F)c1)N1CCCn2nc(CNC3=NCCS3)cc2C1. The van der Waals surface area contributed by atoms with Crippen molar-refractivity contribution in [2.45, 2.75) is 38.8 Å². The third kappa shape index (κ3) is 5.69. The summed E-state index contributed by atoms with van der Waals surface area (Å²) >= 11 is 7.47. The maximum atomic E-state index is 13.0. The Balaban J connectivity index is 1.36. The minimum Gasteiger partial charge on any atom is -0.445 e. The van der Waals surface area contributed by atoms with Gasteiger partial charge in [0.15, 0.2) is 5.17 Å². The summed E-state index contributed by atoms with van der Waals surface area (Å²) in [6.07, 6.45) is -4.43. The van der Waals surface area contributed by atoms with Crippen LogP contribution in [0.5, 0.6) is 0 Å². The van der Waals surface area contributed by atoms with E-state index >= 15 is 0 Å². The van der Waals surface area contributed by atoms with Crippen molar-refractivity contribution in [2.75, 3.05) is 18.8 Å². The summed E-state index contributed by atoms with van der Waals surface area (Å²) in [7, 11) is 0. The molecular formula is C20H21ClF3N5O2S. The van der Waals surface area contributed by atoms with E-state index in [1.807, 2.05) is 10.7 Å². The standard InChI is InChI=1S/C20H21ClF3N5O2S/c21-15-7-13(6-14(8-15)20(22,23)24)12-31-19(30)28-3-1-4-29-17(11-28)9-16(27-29)10-26-18-25-2-5-32-18/h6-9H,1-5,10-12H2,(H,25,26). The van der Waals surface area contributed by atoms with Gasteiger partial charge in [-0.25, -0.2) is 4.79 Å². The van der Waals surface area contributed by atoms with Crippen LogP contribution >= 0.6 is 23.4 Å². The van der Waals surface area contributed by atoms with Crippen molar-refractivity contribution in [3.8, 4) is 0 Å². The monoisotopic (exact) mass is 487 g/mol. The number of rotatable bonds is 4. The van der Waals surface area contributed by atoms with Gasteiger partial charge >= 0.3 is 12.3 Å². The van der Waals surface area contributed by atoms with E-state index in [0.29, 0.717) is 32.6 Å². The Labute approximate surface area is 192 Å². The number of alkyl halides is 3. The maximum Gasteiger partial charge on any atom is 0.416 e. The second kappa shape index (κ2) is 9.62. The molecule has 4 rings (SSSR count). The minimum absolute atomic E-state index is 0.0624. The Morgan fingerprint density at radius 2 is 2.09 bits per heavy atom. The molecule has 3 heterocycles. The fraction of sp³-hybridized carbons (Fsp3) is 0.450. The van der Waals surface area contributed by atoms with Crippen LogP contribution in [0.25, 0.3) is 0 Å². The van der Waals surface area contributed by atoms with E-state index < -0.39 is 17.8 Å². The lowest BCUT2D eigenvalue weighted by Crippen LogP contribution is -2.31. The van der Waals surface area contributed by atoms with Gasteiger partial charge < -0.3 is 15.0 Å². The van der Waals surface area contributed by atoms with Crippen molar-refractivity contribution in [3.63, 3.8) is 0 Å². The summed E-state index contributed by atoms with van der Waals surface area (Å²) in [6, 6.07) is 5.06. The molecule has 2 aliphatic heterocycles. The molecule has 0 atom stereocenters. The molecule has 1 N–H and O–H groups in total. The summed E-state index contributed by atoms with van der Waals surface area (Å²) in [5.41, 5.74) is 1.03. The molecule has 0 saturated heterocycles. The van der Waals surface area contributed by atoms with E-state index in [9.17, 15) is 18.0 Å². The molecule has 0 saturated carbocycles. The van der Waals surface area contributed by atoms with Gasteiger partial charge in [0.1, 0.15) is 6.61 Å². The normalized spacial score (nSPS) is 16.4. The lowest BCUT2D eigenvalue weighted by molar-refractivity contribution is -0.137. The van der Waals surface area contributed by atoms with Gasteiger partial charge in [0, 0.05) is 23.9 Å². The molecule has 2 aromatic rings. The van der Waals surface area contributed by atoms with Crippen molar-refractivity contribution in [3.05, 3.63) is 51.8 Å². The quantitative estimate of drug-likeness (QED) is 0.696. The van der Waals surface area contributed by atoms with Gasteiger partial charge in [0.25, 0.3) is 0 Å². The number of aryl methyl sites for hydroxylation is 1. The predicted molar refractivity (Wildman–Crippen MR) is 115 cm³/mol. The van der Waals surface area contributed by atoms with Crippen LogP contribution in [-0.4, -0.2) is 44.8 Å². The van der Waals surface area contributed by atoms with Crippen molar-refractivity contribution < 1.29 is 22.7 Å². The molecule has 1 amide bonds. The molecule has 32 heavy (non-hydrogen) atoms. The number of amidine groups is 1. The van der Waals surface area contributed by atoms with Gasteiger partial charge in [-0.3, -0.25) is 9.67 Å². The third-order valence-corrected chi connectivity index (χ3v) is 6.13. The molecule has 0 bridgehead atoms. The van der Waals surface area contributed by atoms with Crippen molar-refractivity contribution in [1.29, 1.82) is 0 Å². The van der Waals surface area contributed by atoms with E-state index in [1.165, 1.54) is 11.0 Å². The van der Waals surface area contributed by atoms with Crippen LogP contribution in [0.1, 0.15) is 28.9 Å². The molecule has 0 aliphatic carbocycles. The largest absolute Gasteiger partial charge is 0.445 e. The van der Waals surface area contributed by atoms with Gasteiger partial charge in [0.2, 0.25) is 0 Å². The number of nitrogens with zero attached hydrogens (tertiary/aromatic N) is 4. The van der Waals surface area contributed by atoms with E-state index in [0.717, 1.165) is 41.0 Å². The number of aliphatic imine (C=N–C) groups is 1. The number of nitrogens with one attached hydrogen (secondary N) is 1. The number of halogens is 4. The highest BCUT2D eigenvalue weighted by atomic mass is 35.5. The summed E-state index contributed by atoms with van der Waals surface area (Å²) in [5.74, 6) is 0.978. The van der Waals surface area contributed by atoms with Crippen LogP contribution < -0.4 is 5.32 Å². The number of aromatic nitrogens is 2. The molecule has 0 spiro atoms. The Morgan fingerprint density at radius 1 is 1.25 bits per heavy atom. The molecule has 172 valence electrons. The molecule has 1 aromatic carbocycles. The van der Waals surface area contributed by atoms with Gasteiger partial charge in [-0.15, -0.1) is 0 Å². The molecule has 0 radical (unpaired) electrons. The zero-order valence-electron chi connectivity index (χ0n) is 17.0. The predicted octanol–water partition coefficient (Wildman–Crippen LogP) is 4.29. The molecule has 0 fully saturated rings. The van der Waals surface area contributed by atoms with Crippen LogP contribution in [-0.2, 0) is 37.2 Å². The minimum atomic E-state index is -4.53. The number of carbonyl (C=O) groups excluding carboxylic acids is 1. The van der Waals surface area contributed by atoms with E-state index in [1.54, 1.807) is 11.8 Å². The van der Waals surface area contributed by atoms with Crippen LogP contribution in [0.4, 0.5) is 18.0 Å². The van der Waals surface area contributed by atoms with E-state index in [4.69, 9.17) is 16.3 Å². The van der Waals surface area contributed by atoms with Crippen LogP contribution in [0.15, 0.2) is 29.3 Å². The zero-order valence-corrected chi connectivity index (χ0v) is 18.6.